The molecule has 2 aromatic carbocycles. The van der Waals surface area contributed by atoms with Crippen LogP contribution < -0.4 is 20.1 Å². The molecule has 1 atom stereocenters. The summed E-state index contributed by atoms with van der Waals surface area (Å²) < 4.78 is 11.9. The van der Waals surface area contributed by atoms with Gasteiger partial charge in [-0.3, -0.25) is 14.9 Å². The maximum absolute atomic E-state index is 12.6. The summed E-state index contributed by atoms with van der Waals surface area (Å²) in [6, 6.07) is 11.3. The number of carbonyl (C=O) groups excluding carboxylic acids is 2. The molecule has 10 heteroatoms. The Bertz CT molecular complexity index is 1110. The number of nitrogens with one attached hydrogen (secondary N) is 2. The SMILES string of the molecule is COc1ccc(NC(=O)C[C@@H]2C(=O)Nc3nc(-c4ccc(Cl)cc4)nn32)c(OC)c1. The van der Waals surface area contributed by atoms with Gasteiger partial charge in [-0.25, -0.2) is 4.68 Å². The second-order valence-electron chi connectivity index (χ2n) is 6.53. The van der Waals surface area contributed by atoms with E-state index in [2.05, 4.69) is 20.7 Å². The maximum Gasteiger partial charge on any atom is 0.252 e. The van der Waals surface area contributed by atoms with E-state index in [4.69, 9.17) is 21.1 Å². The number of halogens is 1. The summed E-state index contributed by atoms with van der Waals surface area (Å²) in [5.41, 5.74) is 1.23. The van der Waals surface area contributed by atoms with Crippen LogP contribution in [0.4, 0.5) is 11.6 Å². The number of methoxy groups -OCH3 is 2. The molecule has 0 aliphatic carbocycles. The molecule has 0 fully saturated rings. The van der Waals surface area contributed by atoms with E-state index in [9.17, 15) is 9.59 Å². The summed E-state index contributed by atoms with van der Waals surface area (Å²) >= 11 is 5.92. The largest absolute Gasteiger partial charge is 0.497 e. The highest BCUT2D eigenvalue weighted by molar-refractivity contribution is 6.30. The molecular weight excluding hydrogens is 410 g/mol. The van der Waals surface area contributed by atoms with Crippen molar-refractivity contribution in [3.8, 4) is 22.9 Å². The first-order chi connectivity index (χ1) is 14.5. The summed E-state index contributed by atoms with van der Waals surface area (Å²) in [7, 11) is 3.04. The molecule has 1 aromatic heterocycles. The zero-order valence-electron chi connectivity index (χ0n) is 16.2. The fourth-order valence-corrected chi connectivity index (χ4v) is 3.24. The van der Waals surface area contributed by atoms with E-state index < -0.39 is 6.04 Å². The fourth-order valence-electron chi connectivity index (χ4n) is 3.11. The van der Waals surface area contributed by atoms with Crippen molar-refractivity contribution in [3.05, 3.63) is 47.5 Å². The average Bonchev–Trinajstić information content (AvgIpc) is 3.27. The summed E-state index contributed by atoms with van der Waals surface area (Å²) in [6.07, 6.45) is -0.114. The van der Waals surface area contributed by atoms with Gasteiger partial charge in [0.05, 0.1) is 26.3 Å². The van der Waals surface area contributed by atoms with Crippen LogP contribution >= 0.6 is 11.6 Å². The number of fused-ring (bicyclic) bond motifs is 1. The van der Waals surface area contributed by atoms with Crippen LogP contribution in [0.5, 0.6) is 11.5 Å². The van der Waals surface area contributed by atoms with Crippen LogP contribution in [0, 0.1) is 0 Å². The molecule has 2 heterocycles. The van der Waals surface area contributed by atoms with Crippen molar-refractivity contribution < 1.29 is 19.1 Å². The van der Waals surface area contributed by atoms with Gasteiger partial charge in [-0.15, -0.1) is 5.10 Å². The van der Waals surface area contributed by atoms with Crippen LogP contribution in [0.2, 0.25) is 5.02 Å². The lowest BCUT2D eigenvalue weighted by atomic mass is 10.2. The monoisotopic (exact) mass is 427 g/mol. The van der Waals surface area contributed by atoms with E-state index in [1.54, 1.807) is 49.6 Å². The number of rotatable bonds is 6. The Balaban J connectivity index is 1.51. The normalized spacial score (nSPS) is 14.8. The Hall–Kier alpha value is -3.59. The quantitative estimate of drug-likeness (QED) is 0.625. The highest BCUT2D eigenvalue weighted by Gasteiger charge is 2.35. The van der Waals surface area contributed by atoms with Gasteiger partial charge in [0.25, 0.3) is 5.91 Å². The molecule has 154 valence electrons. The Kier molecular flexibility index (Phi) is 5.28. The average molecular weight is 428 g/mol. The highest BCUT2D eigenvalue weighted by atomic mass is 35.5. The molecule has 0 bridgehead atoms. The zero-order valence-corrected chi connectivity index (χ0v) is 16.9. The van der Waals surface area contributed by atoms with E-state index in [1.165, 1.54) is 11.8 Å². The summed E-state index contributed by atoms with van der Waals surface area (Å²) in [5.74, 6) is 1.07. The number of amides is 2. The minimum atomic E-state index is -0.808. The smallest absolute Gasteiger partial charge is 0.252 e. The van der Waals surface area contributed by atoms with Gasteiger partial charge in [0.15, 0.2) is 5.82 Å². The van der Waals surface area contributed by atoms with Gasteiger partial charge in [-0.1, -0.05) is 11.6 Å². The number of carbonyl (C=O) groups is 2. The Morgan fingerprint density at radius 2 is 1.97 bits per heavy atom. The summed E-state index contributed by atoms with van der Waals surface area (Å²) in [4.78, 5) is 29.3. The number of anilines is 2. The third kappa shape index (κ3) is 3.79. The van der Waals surface area contributed by atoms with E-state index in [1.807, 2.05) is 0 Å². The number of ether oxygens (including phenoxy) is 2. The van der Waals surface area contributed by atoms with Gasteiger partial charge < -0.3 is 14.8 Å². The molecule has 1 aliphatic rings. The standard InChI is InChI=1S/C20H18ClN5O4/c1-29-13-7-8-14(16(9-13)30-2)22-17(27)10-15-19(28)24-20-23-18(25-26(15)20)11-3-5-12(21)6-4-11/h3-9,15H,10H2,1-2H3,(H,22,27)(H,23,24,25,28)/t15-/m1/s1. The molecule has 0 radical (unpaired) electrons. The van der Waals surface area contributed by atoms with Crippen molar-refractivity contribution in [2.24, 2.45) is 0 Å². The first-order valence-corrected chi connectivity index (χ1v) is 9.41. The Labute approximate surface area is 177 Å². The second-order valence-corrected chi connectivity index (χ2v) is 6.97. The van der Waals surface area contributed by atoms with Gasteiger partial charge in [-0.2, -0.15) is 4.98 Å². The number of hydrogen-bond donors (Lipinski definition) is 2. The molecule has 2 N–H and O–H groups in total. The molecule has 0 spiro atoms. The molecule has 3 aromatic rings. The van der Waals surface area contributed by atoms with Crippen LogP contribution in [0.15, 0.2) is 42.5 Å². The van der Waals surface area contributed by atoms with Crippen LogP contribution in [0.1, 0.15) is 12.5 Å². The molecule has 1 aliphatic heterocycles. The molecule has 0 unspecified atom stereocenters. The number of benzene rings is 2. The van der Waals surface area contributed by atoms with Gasteiger partial charge in [-0.05, 0) is 36.4 Å². The molecule has 30 heavy (non-hydrogen) atoms. The van der Waals surface area contributed by atoms with Gasteiger partial charge in [0.1, 0.15) is 17.5 Å². The maximum atomic E-state index is 12.6. The topological polar surface area (TPSA) is 107 Å². The van der Waals surface area contributed by atoms with Crippen LogP contribution in [0.3, 0.4) is 0 Å². The van der Waals surface area contributed by atoms with Crippen molar-refractivity contribution in [2.75, 3.05) is 24.9 Å². The lowest BCUT2D eigenvalue weighted by molar-refractivity contribution is -0.123. The van der Waals surface area contributed by atoms with E-state index in [-0.39, 0.29) is 18.2 Å². The molecule has 9 nitrogen and oxygen atoms in total. The van der Waals surface area contributed by atoms with Crippen molar-refractivity contribution in [2.45, 2.75) is 12.5 Å². The van der Waals surface area contributed by atoms with Gasteiger partial charge >= 0.3 is 0 Å². The third-order valence-electron chi connectivity index (χ3n) is 4.63. The van der Waals surface area contributed by atoms with Crippen LogP contribution in [0.25, 0.3) is 11.4 Å². The molecule has 0 saturated heterocycles. The Morgan fingerprint density at radius 1 is 1.20 bits per heavy atom. The molecular formula is C20H18ClN5O4. The van der Waals surface area contributed by atoms with Crippen molar-refractivity contribution >= 4 is 35.1 Å². The first kappa shape index (κ1) is 19.7. The minimum absolute atomic E-state index is 0.114. The predicted molar refractivity (Wildman–Crippen MR) is 111 cm³/mol. The predicted octanol–water partition coefficient (Wildman–Crippen LogP) is 3.14. The highest BCUT2D eigenvalue weighted by Crippen LogP contribution is 2.31. The molecule has 0 saturated carbocycles. The van der Waals surface area contributed by atoms with Gasteiger partial charge in [0.2, 0.25) is 11.9 Å². The van der Waals surface area contributed by atoms with E-state index in [0.29, 0.717) is 34.0 Å². The summed E-state index contributed by atoms with van der Waals surface area (Å²) in [5, 5.41) is 10.4. The number of nitrogens with zero attached hydrogens (tertiary/aromatic N) is 3. The first-order valence-electron chi connectivity index (χ1n) is 9.03. The lowest BCUT2D eigenvalue weighted by Gasteiger charge is -2.13. The molecule has 4 rings (SSSR count). The Morgan fingerprint density at radius 3 is 2.67 bits per heavy atom. The minimum Gasteiger partial charge on any atom is -0.497 e. The second kappa shape index (κ2) is 8.03. The van der Waals surface area contributed by atoms with Crippen LogP contribution in [-0.4, -0.2) is 40.8 Å². The van der Waals surface area contributed by atoms with Crippen molar-refractivity contribution in [3.63, 3.8) is 0 Å². The van der Waals surface area contributed by atoms with E-state index >= 15 is 0 Å². The number of hydrogen-bond acceptors (Lipinski definition) is 6. The molecule has 2 amide bonds. The zero-order chi connectivity index (χ0) is 21.3. The van der Waals surface area contributed by atoms with Crippen molar-refractivity contribution in [1.82, 2.24) is 14.8 Å². The lowest BCUT2D eigenvalue weighted by Crippen LogP contribution is -2.24. The van der Waals surface area contributed by atoms with E-state index in [0.717, 1.165) is 5.56 Å². The number of aromatic nitrogens is 3. The fraction of sp³-hybridized carbons (Fsp3) is 0.200. The van der Waals surface area contributed by atoms with Gasteiger partial charge in [0, 0.05) is 16.7 Å². The van der Waals surface area contributed by atoms with Crippen LogP contribution in [-0.2, 0) is 9.59 Å². The van der Waals surface area contributed by atoms with Crippen molar-refractivity contribution in [1.29, 1.82) is 0 Å². The summed E-state index contributed by atoms with van der Waals surface area (Å²) in [6.45, 7) is 0. The third-order valence-corrected chi connectivity index (χ3v) is 4.88.